The van der Waals surface area contributed by atoms with Gasteiger partial charge in [-0.3, -0.25) is 0 Å². The molecule has 0 aliphatic rings. The van der Waals surface area contributed by atoms with E-state index in [9.17, 15) is 4.39 Å². The number of nitrogen functional groups attached to an aromatic ring is 2. The number of hydrogen-bond donors (Lipinski definition) is 2. The van der Waals surface area contributed by atoms with Gasteiger partial charge in [0.25, 0.3) is 0 Å². The van der Waals surface area contributed by atoms with Crippen LogP contribution in [0.5, 0.6) is 11.8 Å². The maximum absolute atomic E-state index is 15.1. The van der Waals surface area contributed by atoms with Crippen LogP contribution >= 0.6 is 15.9 Å². The van der Waals surface area contributed by atoms with E-state index in [2.05, 4.69) is 35.9 Å². The number of aryl methyl sites for hydroxylation is 1. The van der Waals surface area contributed by atoms with Gasteiger partial charge in [-0.1, -0.05) is 0 Å². The Bertz CT molecular complexity index is 1620. The lowest BCUT2D eigenvalue weighted by Crippen LogP contribution is -2.04. The predicted octanol–water partition coefficient (Wildman–Crippen LogP) is 5.32. The topological polar surface area (TPSA) is 118 Å². The summed E-state index contributed by atoms with van der Waals surface area (Å²) in [5, 5.41) is 0. The van der Waals surface area contributed by atoms with Crippen molar-refractivity contribution in [1.29, 1.82) is 0 Å². The molecule has 176 valence electrons. The number of anilines is 2. The second-order valence-electron chi connectivity index (χ2n) is 7.48. The van der Waals surface area contributed by atoms with Crippen molar-refractivity contribution < 1.29 is 17.9 Å². The van der Waals surface area contributed by atoms with Gasteiger partial charge in [0.15, 0.2) is 29.0 Å². The molecular weight excluding hydrogens is 527 g/mol. The maximum atomic E-state index is 15.1. The molecule has 4 N–H and O–H groups in total. The number of ether oxygens (including phenoxy) is 1. The van der Waals surface area contributed by atoms with E-state index < -0.39 is 17.5 Å². The highest BCUT2D eigenvalue weighted by Gasteiger charge is 2.26. The van der Waals surface area contributed by atoms with Gasteiger partial charge in [-0.2, -0.15) is 0 Å². The second-order valence-corrected chi connectivity index (χ2v) is 8.27. The molecule has 0 radical (unpaired) electrons. The largest absolute Gasteiger partial charge is 0.421 e. The number of rotatable bonds is 4. The minimum Gasteiger partial charge on any atom is -0.421 e. The minimum absolute atomic E-state index is 0.0245. The number of nitrogens with zero attached hydrogens (tertiary/aromatic N) is 5. The number of fused-ring (bicyclic) bond motifs is 1. The molecule has 0 bridgehead atoms. The first-order valence-electron chi connectivity index (χ1n) is 10.1. The fourth-order valence-corrected chi connectivity index (χ4v) is 4.31. The zero-order valence-corrected chi connectivity index (χ0v) is 19.5. The molecule has 35 heavy (non-hydrogen) atoms. The Kier molecular flexibility index (Phi) is 5.52. The number of aromatic nitrogens is 5. The van der Waals surface area contributed by atoms with E-state index in [0.717, 1.165) is 6.07 Å². The SMILES string of the molecule is Cc1ccnc(Oc2ccc(-n3c(-c4ccc(N)c(F)c4F)c(Br)c4ncnc(N)c43)cc2F)n1. The summed E-state index contributed by atoms with van der Waals surface area (Å²) in [5.74, 6) is -3.23. The Morgan fingerprint density at radius 2 is 1.77 bits per heavy atom. The highest BCUT2D eigenvalue weighted by molar-refractivity contribution is 9.10. The van der Waals surface area contributed by atoms with Gasteiger partial charge in [-0.05, 0) is 53.2 Å². The van der Waals surface area contributed by atoms with Gasteiger partial charge in [0.1, 0.15) is 17.4 Å². The fraction of sp³-hybridized carbons (Fsp3) is 0.0435. The first kappa shape index (κ1) is 22.6. The highest BCUT2D eigenvalue weighted by atomic mass is 79.9. The normalized spacial score (nSPS) is 11.2. The Balaban J connectivity index is 1.73. The number of hydrogen-bond acceptors (Lipinski definition) is 7. The summed E-state index contributed by atoms with van der Waals surface area (Å²) < 4.78 is 51.7. The van der Waals surface area contributed by atoms with Crippen LogP contribution in [-0.4, -0.2) is 24.5 Å². The van der Waals surface area contributed by atoms with Crippen molar-refractivity contribution in [2.45, 2.75) is 6.92 Å². The van der Waals surface area contributed by atoms with E-state index in [0.29, 0.717) is 15.7 Å². The van der Waals surface area contributed by atoms with Crippen molar-refractivity contribution in [3.63, 3.8) is 0 Å². The molecule has 0 fully saturated rings. The molecule has 0 unspecified atom stereocenters. The van der Waals surface area contributed by atoms with Crippen LogP contribution in [0.1, 0.15) is 5.69 Å². The molecule has 12 heteroatoms. The van der Waals surface area contributed by atoms with Crippen LogP contribution < -0.4 is 16.2 Å². The number of benzene rings is 2. The lowest BCUT2D eigenvalue weighted by atomic mass is 10.1. The summed E-state index contributed by atoms with van der Waals surface area (Å²) in [7, 11) is 0. The van der Waals surface area contributed by atoms with E-state index in [4.69, 9.17) is 16.2 Å². The number of halogens is 4. The van der Waals surface area contributed by atoms with Crippen LogP contribution in [0.25, 0.3) is 28.0 Å². The zero-order valence-electron chi connectivity index (χ0n) is 17.9. The van der Waals surface area contributed by atoms with Gasteiger partial charge in [-0.15, -0.1) is 0 Å². The van der Waals surface area contributed by atoms with Crippen molar-refractivity contribution in [3.05, 3.63) is 76.5 Å². The predicted molar refractivity (Wildman–Crippen MR) is 128 cm³/mol. The Hall–Kier alpha value is -4.19. The second kappa shape index (κ2) is 8.55. The van der Waals surface area contributed by atoms with Crippen molar-refractivity contribution in [3.8, 4) is 28.7 Å². The third kappa shape index (κ3) is 3.81. The third-order valence-corrected chi connectivity index (χ3v) is 5.98. The van der Waals surface area contributed by atoms with Crippen LogP contribution in [-0.2, 0) is 0 Å². The summed E-state index contributed by atoms with van der Waals surface area (Å²) in [6, 6.07) is 8.23. The van der Waals surface area contributed by atoms with Gasteiger partial charge in [0, 0.05) is 29.2 Å². The molecule has 5 rings (SSSR count). The molecule has 0 spiro atoms. The maximum Gasteiger partial charge on any atom is 0.322 e. The smallest absolute Gasteiger partial charge is 0.322 e. The van der Waals surface area contributed by atoms with Crippen molar-refractivity contribution in [2.75, 3.05) is 11.5 Å². The summed E-state index contributed by atoms with van der Waals surface area (Å²) in [6.07, 6.45) is 2.72. The monoisotopic (exact) mass is 541 g/mol. The van der Waals surface area contributed by atoms with Crippen molar-refractivity contribution in [1.82, 2.24) is 24.5 Å². The molecule has 2 aromatic carbocycles. The van der Waals surface area contributed by atoms with E-state index in [-0.39, 0.29) is 45.7 Å². The highest BCUT2D eigenvalue weighted by Crippen LogP contribution is 2.42. The average Bonchev–Trinajstić information content (AvgIpc) is 3.12. The molecular formula is C23H15BrF3N7O. The Morgan fingerprint density at radius 1 is 0.971 bits per heavy atom. The molecule has 0 saturated carbocycles. The first-order chi connectivity index (χ1) is 16.8. The van der Waals surface area contributed by atoms with Gasteiger partial charge >= 0.3 is 6.01 Å². The quantitative estimate of drug-likeness (QED) is 0.295. The van der Waals surface area contributed by atoms with Crippen LogP contribution in [0.2, 0.25) is 0 Å². The summed E-state index contributed by atoms with van der Waals surface area (Å²) in [5.41, 5.74) is 12.7. The van der Waals surface area contributed by atoms with E-state index in [1.54, 1.807) is 13.0 Å². The van der Waals surface area contributed by atoms with Crippen LogP contribution in [0.3, 0.4) is 0 Å². The van der Waals surface area contributed by atoms with Crippen molar-refractivity contribution >= 4 is 38.5 Å². The molecule has 8 nitrogen and oxygen atoms in total. The number of nitrogens with two attached hydrogens (primary N) is 2. The lowest BCUT2D eigenvalue weighted by Gasteiger charge is -2.14. The fourth-order valence-electron chi connectivity index (χ4n) is 3.62. The van der Waals surface area contributed by atoms with Crippen molar-refractivity contribution in [2.24, 2.45) is 0 Å². The molecule has 5 aromatic rings. The van der Waals surface area contributed by atoms with E-state index >= 15 is 8.78 Å². The summed E-state index contributed by atoms with van der Waals surface area (Å²) >= 11 is 3.41. The lowest BCUT2D eigenvalue weighted by molar-refractivity contribution is 0.410. The molecule has 0 atom stereocenters. The summed E-state index contributed by atoms with van der Waals surface area (Å²) in [6.45, 7) is 1.75. The van der Waals surface area contributed by atoms with E-state index in [1.165, 1.54) is 41.4 Å². The standard InChI is InChI=1S/C23H15BrF3N7O/c1-10-6-7-30-23(33-10)35-15-5-2-11(8-13(15)25)34-20(12-3-4-14(28)18(27)17(12)26)16(24)19-21(34)22(29)32-9-31-19/h2-9H,28H2,1H3,(H2,29,31,32). The zero-order chi connectivity index (χ0) is 24.9. The molecule has 3 aromatic heterocycles. The molecule has 0 aliphatic carbocycles. The van der Waals surface area contributed by atoms with Crippen LogP contribution in [0.15, 0.2) is 53.4 Å². The molecule has 0 amide bonds. The van der Waals surface area contributed by atoms with Crippen LogP contribution in [0, 0.1) is 24.4 Å². The summed E-state index contributed by atoms with van der Waals surface area (Å²) in [4.78, 5) is 16.3. The van der Waals surface area contributed by atoms with E-state index in [1.807, 2.05) is 0 Å². The van der Waals surface area contributed by atoms with Gasteiger partial charge in [0.05, 0.1) is 15.9 Å². The third-order valence-electron chi connectivity index (χ3n) is 5.23. The molecule has 0 saturated heterocycles. The Labute approximate surface area is 204 Å². The minimum atomic E-state index is -1.21. The first-order valence-corrected chi connectivity index (χ1v) is 10.9. The average molecular weight is 542 g/mol. The molecule has 3 heterocycles. The van der Waals surface area contributed by atoms with Gasteiger partial charge < -0.3 is 20.8 Å². The van der Waals surface area contributed by atoms with Gasteiger partial charge in [0.2, 0.25) is 0 Å². The Morgan fingerprint density at radius 3 is 2.51 bits per heavy atom. The van der Waals surface area contributed by atoms with Gasteiger partial charge in [-0.25, -0.2) is 33.1 Å². The van der Waals surface area contributed by atoms with Crippen LogP contribution in [0.4, 0.5) is 24.7 Å². The molecule has 0 aliphatic heterocycles.